The molecule has 0 saturated heterocycles. The van der Waals surface area contributed by atoms with Crippen molar-refractivity contribution in [2.24, 2.45) is 0 Å². The zero-order valence-electron chi connectivity index (χ0n) is 10.2. The summed E-state index contributed by atoms with van der Waals surface area (Å²) in [5.41, 5.74) is 2.59. The lowest BCUT2D eigenvalue weighted by molar-refractivity contribution is 0.598. The number of hydrogen-bond acceptors (Lipinski definition) is 2. The molecule has 0 aliphatic heterocycles. The molecule has 18 heavy (non-hydrogen) atoms. The lowest BCUT2D eigenvalue weighted by atomic mass is 10.2. The van der Waals surface area contributed by atoms with Crippen LogP contribution in [-0.4, -0.2) is 12.8 Å². The summed E-state index contributed by atoms with van der Waals surface area (Å²) in [5.74, 6) is 0. The first-order chi connectivity index (χ1) is 8.62. The van der Waals surface area contributed by atoms with E-state index >= 15 is 0 Å². The van der Waals surface area contributed by atoms with E-state index in [0.717, 1.165) is 23.7 Å². The molecule has 0 heterocycles. The zero-order chi connectivity index (χ0) is 13.4. The first-order valence-corrected chi connectivity index (χ1v) is 8.89. The molecule has 0 fully saturated rings. The van der Waals surface area contributed by atoms with Crippen LogP contribution < -0.4 is 0 Å². The van der Waals surface area contributed by atoms with Gasteiger partial charge < -0.3 is 0 Å². The number of allylic oxidation sites excluding steroid dienone is 1. The number of rotatable bonds is 7. The third-order valence-corrected chi connectivity index (χ3v) is 5.27. The van der Waals surface area contributed by atoms with Crippen LogP contribution in [0.1, 0.15) is 25.7 Å². The molecule has 0 spiro atoms. The van der Waals surface area contributed by atoms with Crippen molar-refractivity contribution in [3.05, 3.63) is 47.5 Å². The van der Waals surface area contributed by atoms with Gasteiger partial charge >= 0.3 is 0 Å². The summed E-state index contributed by atoms with van der Waals surface area (Å²) in [6, 6.07) is 8.47. The molecule has 1 rings (SSSR count). The van der Waals surface area contributed by atoms with Crippen LogP contribution in [0.2, 0.25) is 0 Å². The molecular formula is C14H17IO2S. The van der Waals surface area contributed by atoms with Crippen molar-refractivity contribution in [1.29, 1.82) is 0 Å². The average Bonchev–Trinajstić information content (AvgIpc) is 2.39. The normalized spacial score (nSPS) is 10.9. The monoisotopic (exact) mass is 376 g/mol. The van der Waals surface area contributed by atoms with Crippen LogP contribution >= 0.6 is 22.6 Å². The predicted molar refractivity (Wildman–Crippen MR) is 83.6 cm³/mol. The average molecular weight is 376 g/mol. The summed E-state index contributed by atoms with van der Waals surface area (Å²) in [4.78, 5) is 0.632. The Balaban J connectivity index is 2.80. The Hall–Kier alpha value is -0.580. The van der Waals surface area contributed by atoms with Gasteiger partial charge in [-0.1, -0.05) is 53.8 Å². The second-order valence-corrected chi connectivity index (χ2v) is 6.97. The fourth-order valence-electron chi connectivity index (χ4n) is 1.62. The van der Waals surface area contributed by atoms with Gasteiger partial charge in [-0.15, -0.1) is 5.73 Å². The Morgan fingerprint density at radius 3 is 2.39 bits per heavy atom. The van der Waals surface area contributed by atoms with Crippen LogP contribution in [0.25, 0.3) is 0 Å². The molecule has 0 aliphatic rings. The van der Waals surface area contributed by atoms with Gasteiger partial charge in [-0.25, -0.2) is 8.42 Å². The third-order valence-electron chi connectivity index (χ3n) is 2.61. The van der Waals surface area contributed by atoms with Gasteiger partial charge in [-0.3, -0.25) is 0 Å². The highest BCUT2D eigenvalue weighted by Gasteiger charge is 2.19. The summed E-state index contributed by atoms with van der Waals surface area (Å²) < 4.78 is 25.7. The Labute approximate surface area is 123 Å². The summed E-state index contributed by atoms with van der Waals surface area (Å²) >= 11 is 2.33. The van der Waals surface area contributed by atoms with Crippen molar-refractivity contribution < 1.29 is 8.42 Å². The van der Waals surface area contributed by atoms with Crippen LogP contribution in [0, 0.1) is 0 Å². The molecular weight excluding hydrogens is 359 g/mol. The predicted octanol–water partition coefficient (Wildman–Crippen LogP) is 4.12. The van der Waals surface area contributed by atoms with Crippen LogP contribution in [0.15, 0.2) is 52.4 Å². The Bertz CT molecular complexity index is 514. The number of unbranched alkanes of at least 4 members (excludes halogenated alkanes) is 2. The highest BCUT2D eigenvalue weighted by molar-refractivity contribution is 14.1. The second-order valence-electron chi connectivity index (χ2n) is 3.92. The molecule has 1 aromatic rings. The Morgan fingerprint density at radius 2 is 1.83 bits per heavy atom. The summed E-state index contributed by atoms with van der Waals surface area (Å²) in [6.45, 7) is 3.51. The van der Waals surface area contributed by atoms with Crippen molar-refractivity contribution >= 4 is 32.4 Å². The molecule has 0 radical (unpaired) electrons. The van der Waals surface area contributed by atoms with E-state index in [-0.39, 0.29) is 0 Å². The minimum atomic E-state index is -3.40. The lowest BCUT2D eigenvalue weighted by Gasteiger charge is -2.06. The van der Waals surface area contributed by atoms with Crippen molar-refractivity contribution in [1.82, 2.24) is 0 Å². The fourth-order valence-corrected chi connectivity index (χ4v) is 3.56. The van der Waals surface area contributed by atoms with Crippen molar-refractivity contribution in [3.63, 3.8) is 0 Å². The van der Waals surface area contributed by atoms with Gasteiger partial charge in [0, 0.05) is 0 Å². The minimum absolute atomic E-state index is 0.308. The number of hydrogen-bond donors (Lipinski definition) is 0. The molecule has 0 aliphatic carbocycles. The van der Waals surface area contributed by atoms with E-state index in [1.165, 1.54) is 0 Å². The van der Waals surface area contributed by atoms with Crippen LogP contribution in [0.3, 0.4) is 0 Å². The fraction of sp³-hybridized carbons (Fsp3) is 0.357. The molecule has 0 bridgehead atoms. The van der Waals surface area contributed by atoms with E-state index in [1.54, 1.807) is 30.3 Å². The molecule has 0 aromatic heterocycles. The SMILES string of the molecule is C=C=C(CCCCCI)S(=O)(=O)c1ccccc1. The van der Waals surface area contributed by atoms with Crippen LogP contribution in [0.4, 0.5) is 0 Å². The molecule has 0 unspecified atom stereocenters. The molecule has 4 heteroatoms. The van der Waals surface area contributed by atoms with Gasteiger partial charge in [0.1, 0.15) is 0 Å². The second kappa shape index (κ2) is 7.77. The standard InChI is InChI=1S/C14H17IO2S/c1-2-13(9-7-4-8-12-15)18(16,17)14-10-5-3-6-11-14/h3,5-6,10-11H,1,4,7-9,12H2. The smallest absolute Gasteiger partial charge is 0.209 e. The molecule has 1 aromatic carbocycles. The van der Waals surface area contributed by atoms with Crippen LogP contribution in [-0.2, 0) is 9.84 Å². The molecule has 2 nitrogen and oxygen atoms in total. The van der Waals surface area contributed by atoms with E-state index in [0.29, 0.717) is 16.2 Å². The zero-order valence-corrected chi connectivity index (χ0v) is 13.2. The van der Waals surface area contributed by atoms with E-state index in [9.17, 15) is 8.42 Å². The van der Waals surface area contributed by atoms with E-state index in [2.05, 4.69) is 34.9 Å². The maximum atomic E-state index is 12.3. The quantitative estimate of drug-likeness (QED) is 0.311. The summed E-state index contributed by atoms with van der Waals surface area (Å²) in [7, 11) is -3.40. The third kappa shape index (κ3) is 4.26. The van der Waals surface area contributed by atoms with E-state index in [1.807, 2.05) is 0 Å². The van der Waals surface area contributed by atoms with Crippen molar-refractivity contribution in [2.75, 3.05) is 4.43 Å². The summed E-state index contributed by atoms with van der Waals surface area (Å²) in [5, 5.41) is 0. The highest BCUT2D eigenvalue weighted by Crippen LogP contribution is 2.22. The first kappa shape index (κ1) is 15.5. The topological polar surface area (TPSA) is 34.1 Å². The number of alkyl halides is 1. The van der Waals surface area contributed by atoms with Gasteiger partial charge in [0.2, 0.25) is 9.84 Å². The van der Waals surface area contributed by atoms with Gasteiger partial charge in [0.25, 0.3) is 0 Å². The molecule has 0 N–H and O–H groups in total. The van der Waals surface area contributed by atoms with Crippen molar-refractivity contribution in [3.8, 4) is 0 Å². The maximum absolute atomic E-state index is 12.3. The number of halogens is 1. The van der Waals surface area contributed by atoms with Gasteiger partial charge in [-0.05, 0) is 35.8 Å². The lowest BCUT2D eigenvalue weighted by Crippen LogP contribution is -2.04. The first-order valence-electron chi connectivity index (χ1n) is 5.88. The molecule has 0 atom stereocenters. The molecule has 0 saturated carbocycles. The highest BCUT2D eigenvalue weighted by atomic mass is 127. The Kier molecular flexibility index (Phi) is 6.68. The minimum Gasteiger partial charge on any atom is -0.218 e. The van der Waals surface area contributed by atoms with Gasteiger partial charge in [0.15, 0.2) is 0 Å². The van der Waals surface area contributed by atoms with Crippen LogP contribution in [0.5, 0.6) is 0 Å². The van der Waals surface area contributed by atoms with Gasteiger partial charge in [0.05, 0.1) is 9.80 Å². The Morgan fingerprint density at radius 1 is 1.17 bits per heavy atom. The van der Waals surface area contributed by atoms with Gasteiger partial charge in [-0.2, -0.15) is 0 Å². The van der Waals surface area contributed by atoms with E-state index < -0.39 is 9.84 Å². The van der Waals surface area contributed by atoms with E-state index in [4.69, 9.17) is 0 Å². The molecule has 0 amide bonds. The van der Waals surface area contributed by atoms with Crippen molar-refractivity contribution in [2.45, 2.75) is 30.6 Å². The summed E-state index contributed by atoms with van der Waals surface area (Å²) in [6.07, 6.45) is 3.55. The number of benzene rings is 1. The number of sulfone groups is 1. The largest absolute Gasteiger partial charge is 0.218 e. The maximum Gasteiger partial charge on any atom is 0.209 e. The molecule has 98 valence electrons.